The van der Waals surface area contributed by atoms with E-state index in [9.17, 15) is 4.79 Å². The van der Waals surface area contributed by atoms with Gasteiger partial charge >= 0.3 is 0 Å². The summed E-state index contributed by atoms with van der Waals surface area (Å²) < 4.78 is 0. The molecule has 0 bridgehead atoms. The minimum Gasteiger partial charge on any atom is -0.353 e. The number of carbonyl (C=O) groups is 1. The first-order valence-electron chi connectivity index (χ1n) is 8.76. The molecule has 134 valence electrons. The Morgan fingerprint density at radius 3 is 2.48 bits per heavy atom. The van der Waals surface area contributed by atoms with Gasteiger partial charge in [0, 0.05) is 11.6 Å². The molecule has 1 amide bonds. The second-order valence-corrected chi connectivity index (χ2v) is 8.26. The molecule has 25 heavy (non-hydrogen) atoms. The van der Waals surface area contributed by atoms with Gasteiger partial charge in [0.1, 0.15) is 0 Å². The van der Waals surface area contributed by atoms with Crippen LogP contribution in [-0.4, -0.2) is 31.4 Å². The number of hydrogen-bond donors (Lipinski definition) is 1. The molecule has 1 heterocycles. The Morgan fingerprint density at radius 1 is 1.24 bits per heavy atom. The standard InChI is InChI=1S/C20H25ClN2OS/c1-23(2)18(15-9-12-25-14-15)13-22-19(24)20(10-3-4-11-20)16-5-7-17(21)8-6-16/h5-9,12,14,18H,3-4,10-11,13H2,1-2H3,(H,22,24)/t18-/m0/s1. The number of halogens is 1. The number of amides is 1. The van der Waals surface area contributed by atoms with Crippen molar-refractivity contribution in [2.24, 2.45) is 0 Å². The van der Waals surface area contributed by atoms with Gasteiger partial charge in [-0.1, -0.05) is 36.6 Å². The molecule has 0 aliphatic heterocycles. The Hall–Kier alpha value is -1.36. The zero-order valence-electron chi connectivity index (χ0n) is 14.8. The molecular weight excluding hydrogens is 352 g/mol. The van der Waals surface area contributed by atoms with Gasteiger partial charge in [0.2, 0.25) is 5.91 Å². The summed E-state index contributed by atoms with van der Waals surface area (Å²) in [5, 5.41) is 8.19. The predicted octanol–water partition coefficient (Wildman–Crippen LogP) is 4.63. The summed E-state index contributed by atoms with van der Waals surface area (Å²) in [5.74, 6) is 0.148. The minimum absolute atomic E-state index is 0.148. The van der Waals surface area contributed by atoms with E-state index in [0.717, 1.165) is 31.2 Å². The summed E-state index contributed by atoms with van der Waals surface area (Å²) in [5.41, 5.74) is 1.93. The van der Waals surface area contributed by atoms with Crippen molar-refractivity contribution in [3.8, 4) is 0 Å². The van der Waals surface area contributed by atoms with E-state index in [1.807, 2.05) is 24.3 Å². The van der Waals surface area contributed by atoms with Gasteiger partial charge in [0.05, 0.1) is 11.5 Å². The molecule has 3 rings (SSSR count). The van der Waals surface area contributed by atoms with Crippen LogP contribution in [0.5, 0.6) is 0 Å². The molecule has 1 N–H and O–H groups in total. The number of likely N-dealkylation sites (N-methyl/N-ethyl adjacent to an activating group) is 1. The second-order valence-electron chi connectivity index (χ2n) is 7.04. The number of carbonyl (C=O) groups excluding carboxylic acids is 1. The topological polar surface area (TPSA) is 32.3 Å². The maximum absolute atomic E-state index is 13.2. The molecule has 3 nitrogen and oxygen atoms in total. The SMILES string of the molecule is CN(C)[C@@H](CNC(=O)C1(c2ccc(Cl)cc2)CCCC1)c1ccsc1. The van der Waals surface area contributed by atoms with Crippen LogP contribution in [0.4, 0.5) is 0 Å². The largest absolute Gasteiger partial charge is 0.353 e. The Bertz CT molecular complexity index is 691. The third-order valence-electron chi connectivity index (χ3n) is 5.30. The fourth-order valence-electron chi connectivity index (χ4n) is 3.82. The lowest BCUT2D eigenvalue weighted by Crippen LogP contribution is -2.45. The maximum Gasteiger partial charge on any atom is 0.230 e. The van der Waals surface area contributed by atoms with E-state index >= 15 is 0 Å². The lowest BCUT2D eigenvalue weighted by molar-refractivity contribution is -0.126. The van der Waals surface area contributed by atoms with Gasteiger partial charge in [0.25, 0.3) is 0 Å². The van der Waals surface area contributed by atoms with E-state index in [4.69, 9.17) is 11.6 Å². The third-order valence-corrected chi connectivity index (χ3v) is 6.25. The smallest absolute Gasteiger partial charge is 0.230 e. The molecule has 1 aromatic heterocycles. The summed E-state index contributed by atoms with van der Waals surface area (Å²) in [7, 11) is 4.11. The highest BCUT2D eigenvalue weighted by atomic mass is 35.5. The molecule has 0 spiro atoms. The first-order chi connectivity index (χ1) is 12.0. The molecule has 0 saturated heterocycles. The van der Waals surface area contributed by atoms with Crippen LogP contribution in [0.3, 0.4) is 0 Å². The van der Waals surface area contributed by atoms with E-state index < -0.39 is 5.41 Å². The van der Waals surface area contributed by atoms with Gasteiger partial charge in [0.15, 0.2) is 0 Å². The summed E-state index contributed by atoms with van der Waals surface area (Å²) in [6.07, 6.45) is 4.01. The minimum atomic E-state index is -0.407. The van der Waals surface area contributed by atoms with Crippen LogP contribution in [0.25, 0.3) is 0 Å². The van der Waals surface area contributed by atoms with Crippen LogP contribution in [0.2, 0.25) is 5.02 Å². The summed E-state index contributed by atoms with van der Waals surface area (Å²) in [4.78, 5) is 15.3. The van der Waals surface area contributed by atoms with Crippen molar-refractivity contribution in [2.45, 2.75) is 37.1 Å². The number of thiophene rings is 1. The number of nitrogens with zero attached hydrogens (tertiary/aromatic N) is 1. The maximum atomic E-state index is 13.2. The van der Waals surface area contributed by atoms with Crippen LogP contribution in [0.1, 0.15) is 42.9 Å². The fourth-order valence-corrected chi connectivity index (χ4v) is 4.65. The lowest BCUT2D eigenvalue weighted by Gasteiger charge is -2.31. The van der Waals surface area contributed by atoms with Crippen molar-refractivity contribution in [3.05, 3.63) is 57.2 Å². The molecule has 1 atom stereocenters. The van der Waals surface area contributed by atoms with Gasteiger partial charge in [-0.25, -0.2) is 0 Å². The molecule has 1 fully saturated rings. The summed E-state index contributed by atoms with van der Waals surface area (Å²) in [6.45, 7) is 0.623. The average Bonchev–Trinajstić information content (AvgIpc) is 3.28. The first-order valence-corrected chi connectivity index (χ1v) is 10.1. The zero-order valence-corrected chi connectivity index (χ0v) is 16.4. The van der Waals surface area contributed by atoms with Gasteiger partial charge in [-0.15, -0.1) is 0 Å². The number of nitrogens with one attached hydrogen (secondary N) is 1. The molecule has 1 aliphatic rings. The summed E-state index contributed by atoms with van der Waals surface area (Å²) in [6, 6.07) is 10.1. The highest BCUT2D eigenvalue weighted by molar-refractivity contribution is 7.07. The molecule has 0 radical (unpaired) electrons. The zero-order chi connectivity index (χ0) is 17.9. The number of benzene rings is 1. The van der Waals surface area contributed by atoms with Crippen molar-refractivity contribution in [1.29, 1.82) is 0 Å². The Labute approximate surface area is 159 Å². The quantitative estimate of drug-likeness (QED) is 0.796. The van der Waals surface area contributed by atoms with Crippen LogP contribution in [0.15, 0.2) is 41.1 Å². The average molecular weight is 377 g/mol. The van der Waals surface area contributed by atoms with Crippen LogP contribution in [0, 0.1) is 0 Å². The highest BCUT2D eigenvalue weighted by Crippen LogP contribution is 2.41. The Kier molecular flexibility index (Phi) is 5.82. The predicted molar refractivity (Wildman–Crippen MR) is 105 cm³/mol. The van der Waals surface area contributed by atoms with Gasteiger partial charge in [-0.3, -0.25) is 4.79 Å². The van der Waals surface area contributed by atoms with E-state index in [1.54, 1.807) is 11.3 Å². The number of hydrogen-bond acceptors (Lipinski definition) is 3. The number of rotatable bonds is 6. The molecule has 0 unspecified atom stereocenters. The van der Waals surface area contributed by atoms with Gasteiger partial charge in [-0.2, -0.15) is 11.3 Å². The van der Waals surface area contributed by atoms with E-state index in [0.29, 0.717) is 11.6 Å². The van der Waals surface area contributed by atoms with E-state index in [-0.39, 0.29) is 11.9 Å². The Morgan fingerprint density at radius 2 is 1.92 bits per heavy atom. The Balaban J connectivity index is 1.76. The van der Waals surface area contributed by atoms with Crippen molar-refractivity contribution in [2.75, 3.05) is 20.6 Å². The molecular formula is C20H25ClN2OS. The molecule has 2 aromatic rings. The molecule has 1 aromatic carbocycles. The van der Waals surface area contributed by atoms with Crippen molar-refractivity contribution in [1.82, 2.24) is 10.2 Å². The van der Waals surface area contributed by atoms with Crippen molar-refractivity contribution < 1.29 is 4.79 Å². The van der Waals surface area contributed by atoms with Gasteiger partial charge < -0.3 is 10.2 Å². The first kappa shape index (κ1) is 18.4. The highest BCUT2D eigenvalue weighted by Gasteiger charge is 2.42. The van der Waals surface area contributed by atoms with Crippen molar-refractivity contribution in [3.63, 3.8) is 0 Å². The van der Waals surface area contributed by atoms with Crippen molar-refractivity contribution >= 4 is 28.8 Å². The molecule has 1 aliphatic carbocycles. The lowest BCUT2D eigenvalue weighted by atomic mass is 9.78. The molecule has 5 heteroatoms. The van der Waals surface area contributed by atoms with Crippen LogP contribution in [-0.2, 0) is 10.2 Å². The molecule has 1 saturated carbocycles. The third kappa shape index (κ3) is 3.91. The normalized spacial score (nSPS) is 17.6. The van der Waals surface area contributed by atoms with Gasteiger partial charge in [-0.05, 0) is 67.0 Å². The summed E-state index contributed by atoms with van der Waals surface area (Å²) >= 11 is 7.72. The van der Waals surface area contributed by atoms with E-state index in [1.165, 1.54) is 5.56 Å². The van der Waals surface area contributed by atoms with Crippen LogP contribution >= 0.6 is 22.9 Å². The second kappa shape index (κ2) is 7.90. The van der Waals surface area contributed by atoms with E-state index in [2.05, 4.69) is 41.1 Å². The fraction of sp³-hybridized carbons (Fsp3) is 0.450. The monoisotopic (exact) mass is 376 g/mol. The van der Waals surface area contributed by atoms with Crippen LogP contribution < -0.4 is 5.32 Å².